The summed E-state index contributed by atoms with van der Waals surface area (Å²) in [7, 11) is -3.88. The predicted molar refractivity (Wildman–Crippen MR) is 117 cm³/mol. The number of hydrogen-bond donors (Lipinski definition) is 2. The van der Waals surface area contributed by atoms with Crippen LogP contribution in [0.15, 0.2) is 71.6 Å². The third-order valence-electron chi connectivity index (χ3n) is 4.97. The standard InChI is InChI=1S/C23H22N2O5S/c1-16-5-2-3-6-17(16)11-12-24-23(26)18-7-4-8-20(13-18)31(27,28)25-19-9-10-21-22(14-19)30-15-29-21/h2-10,13-14,25H,11-12,15H2,1H3,(H,24,26). The lowest BCUT2D eigenvalue weighted by Gasteiger charge is -2.11. The Bertz CT molecular complexity index is 1220. The summed E-state index contributed by atoms with van der Waals surface area (Å²) in [6, 6.07) is 18.7. The zero-order chi connectivity index (χ0) is 21.8. The van der Waals surface area contributed by atoms with Gasteiger partial charge in [-0.2, -0.15) is 0 Å². The smallest absolute Gasteiger partial charge is 0.261 e. The molecule has 7 nitrogen and oxygen atoms in total. The van der Waals surface area contributed by atoms with Gasteiger partial charge in [0.05, 0.1) is 10.6 Å². The summed E-state index contributed by atoms with van der Waals surface area (Å²) in [5, 5.41) is 2.85. The van der Waals surface area contributed by atoms with Crippen LogP contribution in [0.25, 0.3) is 0 Å². The monoisotopic (exact) mass is 438 g/mol. The number of benzene rings is 3. The maximum atomic E-state index is 12.8. The summed E-state index contributed by atoms with van der Waals surface area (Å²) < 4.78 is 38.6. The van der Waals surface area contributed by atoms with E-state index in [9.17, 15) is 13.2 Å². The first-order valence-corrected chi connectivity index (χ1v) is 11.3. The van der Waals surface area contributed by atoms with Gasteiger partial charge in [-0.05, 0) is 54.8 Å². The number of fused-ring (bicyclic) bond motifs is 1. The van der Waals surface area contributed by atoms with Crippen molar-refractivity contribution in [2.24, 2.45) is 0 Å². The Labute approximate surface area is 181 Å². The fourth-order valence-corrected chi connectivity index (χ4v) is 4.38. The third-order valence-corrected chi connectivity index (χ3v) is 6.35. The molecule has 31 heavy (non-hydrogen) atoms. The third kappa shape index (κ3) is 4.80. The Kier molecular flexibility index (Phi) is 5.81. The molecule has 0 radical (unpaired) electrons. The van der Waals surface area contributed by atoms with E-state index in [2.05, 4.69) is 10.0 Å². The second-order valence-electron chi connectivity index (χ2n) is 7.13. The van der Waals surface area contributed by atoms with Crippen molar-refractivity contribution in [2.45, 2.75) is 18.2 Å². The molecule has 8 heteroatoms. The molecule has 0 atom stereocenters. The van der Waals surface area contributed by atoms with E-state index in [-0.39, 0.29) is 23.2 Å². The number of hydrogen-bond acceptors (Lipinski definition) is 5. The minimum Gasteiger partial charge on any atom is -0.454 e. The van der Waals surface area contributed by atoms with Gasteiger partial charge in [0.2, 0.25) is 6.79 Å². The minimum absolute atomic E-state index is 0.00304. The molecular formula is C23H22N2O5S. The molecular weight excluding hydrogens is 416 g/mol. The van der Waals surface area contributed by atoms with Gasteiger partial charge in [0, 0.05) is 18.2 Å². The molecule has 0 saturated heterocycles. The lowest BCUT2D eigenvalue weighted by atomic mass is 10.1. The van der Waals surface area contributed by atoms with Gasteiger partial charge in [0.15, 0.2) is 11.5 Å². The molecule has 0 unspecified atom stereocenters. The minimum atomic E-state index is -3.88. The van der Waals surface area contributed by atoms with Gasteiger partial charge < -0.3 is 14.8 Å². The van der Waals surface area contributed by atoms with Crippen LogP contribution in [0.2, 0.25) is 0 Å². The maximum Gasteiger partial charge on any atom is 0.261 e. The van der Waals surface area contributed by atoms with Crippen molar-refractivity contribution in [1.82, 2.24) is 5.32 Å². The Hall–Kier alpha value is -3.52. The molecule has 2 N–H and O–H groups in total. The van der Waals surface area contributed by atoms with E-state index >= 15 is 0 Å². The quantitative estimate of drug-likeness (QED) is 0.589. The average Bonchev–Trinajstić information content (AvgIpc) is 3.23. The highest BCUT2D eigenvalue weighted by atomic mass is 32.2. The first-order chi connectivity index (χ1) is 14.9. The molecule has 3 aromatic carbocycles. The van der Waals surface area contributed by atoms with E-state index in [0.29, 0.717) is 30.2 Å². The van der Waals surface area contributed by atoms with Crippen molar-refractivity contribution in [3.8, 4) is 11.5 Å². The molecule has 0 saturated carbocycles. The van der Waals surface area contributed by atoms with Crippen LogP contribution in [0.5, 0.6) is 11.5 Å². The van der Waals surface area contributed by atoms with Gasteiger partial charge in [0.1, 0.15) is 0 Å². The lowest BCUT2D eigenvalue weighted by Crippen LogP contribution is -2.26. The van der Waals surface area contributed by atoms with Crippen molar-refractivity contribution in [1.29, 1.82) is 0 Å². The summed E-state index contributed by atoms with van der Waals surface area (Å²) in [6.45, 7) is 2.58. The fourth-order valence-electron chi connectivity index (χ4n) is 3.28. The number of nitrogens with one attached hydrogen (secondary N) is 2. The summed E-state index contributed by atoms with van der Waals surface area (Å²) in [4.78, 5) is 12.5. The van der Waals surface area contributed by atoms with E-state index in [1.165, 1.54) is 17.7 Å². The lowest BCUT2D eigenvalue weighted by molar-refractivity contribution is 0.0954. The van der Waals surface area contributed by atoms with E-state index in [4.69, 9.17) is 9.47 Å². The number of carbonyl (C=O) groups excluding carboxylic acids is 1. The molecule has 0 aliphatic carbocycles. The molecule has 4 rings (SSSR count). The van der Waals surface area contributed by atoms with Crippen LogP contribution in [-0.2, 0) is 16.4 Å². The van der Waals surface area contributed by atoms with Crippen LogP contribution >= 0.6 is 0 Å². The van der Waals surface area contributed by atoms with Crippen molar-refractivity contribution in [3.63, 3.8) is 0 Å². The molecule has 1 heterocycles. The number of amides is 1. The topological polar surface area (TPSA) is 93.7 Å². The van der Waals surface area contributed by atoms with Gasteiger partial charge in [-0.15, -0.1) is 0 Å². The number of ether oxygens (including phenoxy) is 2. The molecule has 0 aromatic heterocycles. The van der Waals surface area contributed by atoms with Gasteiger partial charge >= 0.3 is 0 Å². The summed E-state index contributed by atoms with van der Waals surface area (Å²) in [5.41, 5.74) is 2.95. The van der Waals surface area contributed by atoms with Gasteiger partial charge in [-0.1, -0.05) is 30.3 Å². The molecule has 1 aliphatic heterocycles. The molecule has 1 amide bonds. The van der Waals surface area contributed by atoms with Gasteiger partial charge in [-0.3, -0.25) is 9.52 Å². The molecule has 1 aliphatic rings. The second kappa shape index (κ2) is 8.69. The van der Waals surface area contributed by atoms with Gasteiger partial charge in [0.25, 0.3) is 15.9 Å². The number of carbonyl (C=O) groups is 1. The number of rotatable bonds is 7. The normalized spacial score (nSPS) is 12.4. The predicted octanol–water partition coefficient (Wildman–Crippen LogP) is 3.50. The molecule has 160 valence electrons. The summed E-state index contributed by atoms with van der Waals surface area (Å²) >= 11 is 0. The maximum absolute atomic E-state index is 12.8. The second-order valence-corrected chi connectivity index (χ2v) is 8.82. The number of sulfonamides is 1. The summed E-state index contributed by atoms with van der Waals surface area (Å²) in [6.07, 6.45) is 0.697. The van der Waals surface area contributed by atoms with Crippen molar-refractivity contribution >= 4 is 21.6 Å². The Morgan fingerprint density at radius 3 is 2.61 bits per heavy atom. The zero-order valence-electron chi connectivity index (χ0n) is 16.9. The summed E-state index contributed by atoms with van der Waals surface area (Å²) in [5.74, 6) is 0.711. The van der Waals surface area contributed by atoms with E-state index in [0.717, 1.165) is 5.56 Å². The molecule has 0 fully saturated rings. The van der Waals surface area contributed by atoms with E-state index in [1.54, 1.807) is 30.3 Å². The Morgan fingerprint density at radius 1 is 0.968 bits per heavy atom. The van der Waals surface area contributed by atoms with Crippen molar-refractivity contribution in [3.05, 3.63) is 83.4 Å². The van der Waals surface area contributed by atoms with Crippen LogP contribution < -0.4 is 19.5 Å². The van der Waals surface area contributed by atoms with Crippen LogP contribution in [0.1, 0.15) is 21.5 Å². The highest BCUT2D eigenvalue weighted by molar-refractivity contribution is 7.92. The van der Waals surface area contributed by atoms with Crippen molar-refractivity contribution < 1.29 is 22.7 Å². The van der Waals surface area contributed by atoms with Crippen LogP contribution in [0.3, 0.4) is 0 Å². The zero-order valence-corrected chi connectivity index (χ0v) is 17.7. The first-order valence-electron chi connectivity index (χ1n) is 9.78. The fraction of sp³-hybridized carbons (Fsp3) is 0.174. The van der Waals surface area contributed by atoms with Crippen LogP contribution in [0, 0.1) is 6.92 Å². The number of anilines is 1. The highest BCUT2D eigenvalue weighted by Crippen LogP contribution is 2.34. The first kappa shape index (κ1) is 20.7. The molecule has 3 aromatic rings. The van der Waals surface area contributed by atoms with Gasteiger partial charge in [-0.25, -0.2) is 8.42 Å². The van der Waals surface area contributed by atoms with Crippen LogP contribution in [-0.4, -0.2) is 27.7 Å². The highest BCUT2D eigenvalue weighted by Gasteiger charge is 2.19. The Morgan fingerprint density at radius 2 is 1.77 bits per heavy atom. The van der Waals surface area contributed by atoms with Crippen molar-refractivity contribution in [2.75, 3.05) is 18.1 Å². The Balaban J connectivity index is 1.43. The SMILES string of the molecule is Cc1ccccc1CCNC(=O)c1cccc(S(=O)(=O)Nc2ccc3c(c2)OCO3)c1. The van der Waals surface area contributed by atoms with E-state index in [1.807, 2.05) is 31.2 Å². The molecule has 0 spiro atoms. The molecule has 0 bridgehead atoms. The largest absolute Gasteiger partial charge is 0.454 e. The number of aryl methyl sites for hydroxylation is 1. The average molecular weight is 439 g/mol. The van der Waals surface area contributed by atoms with E-state index < -0.39 is 10.0 Å². The van der Waals surface area contributed by atoms with Crippen LogP contribution in [0.4, 0.5) is 5.69 Å².